The summed E-state index contributed by atoms with van der Waals surface area (Å²) in [6.45, 7) is 7.17. The van der Waals surface area contributed by atoms with Crippen molar-refractivity contribution in [2.24, 2.45) is 5.92 Å². The number of allylic oxidation sites excluding steroid dienone is 1. The number of likely N-dealkylation sites (N-methyl/N-ethyl adjacent to an activating group) is 1. The number of benzene rings is 2. The van der Waals surface area contributed by atoms with Gasteiger partial charge in [-0.1, -0.05) is 23.7 Å². The second kappa shape index (κ2) is 12.7. The fourth-order valence-electron chi connectivity index (χ4n) is 6.02. The normalized spacial score (nSPS) is 19.1. The van der Waals surface area contributed by atoms with Gasteiger partial charge in [0.25, 0.3) is 15.9 Å². The molecule has 3 heterocycles. The van der Waals surface area contributed by atoms with E-state index in [0.717, 1.165) is 17.1 Å². The lowest BCUT2D eigenvalue weighted by Crippen LogP contribution is -2.53. The minimum Gasteiger partial charge on any atom is -0.475 e. The van der Waals surface area contributed by atoms with Crippen LogP contribution in [0, 0.1) is 19.8 Å². The molecule has 1 atom stereocenters. The van der Waals surface area contributed by atoms with Gasteiger partial charge in [-0.05, 0) is 81.3 Å². The number of fused-ring (bicyclic) bond motifs is 1. The minimum atomic E-state index is -4.25. The number of carbonyl (C=O) groups excluding carboxylic acids is 3. The molecular formula is C31H38ClN5O6S. The van der Waals surface area contributed by atoms with Crippen LogP contribution in [0.15, 0.2) is 52.7 Å². The average molecular weight is 644 g/mol. The summed E-state index contributed by atoms with van der Waals surface area (Å²) < 4.78 is 34.8. The fourth-order valence-corrected chi connectivity index (χ4v) is 8.17. The number of sulfonamides is 1. The smallest absolute Gasteiger partial charge is 0.273 e. The first-order valence-corrected chi connectivity index (χ1v) is 16.5. The summed E-state index contributed by atoms with van der Waals surface area (Å²) in [6.07, 6.45) is 1.99. The van der Waals surface area contributed by atoms with Crippen molar-refractivity contribution in [3.8, 4) is 0 Å². The number of carbonyl (C=O) groups is 3. The Morgan fingerprint density at radius 3 is 2.48 bits per heavy atom. The molecule has 0 aliphatic carbocycles. The van der Waals surface area contributed by atoms with E-state index in [2.05, 4.69) is 10.6 Å². The second-order valence-electron chi connectivity index (χ2n) is 11.6. The van der Waals surface area contributed by atoms with E-state index in [4.69, 9.17) is 16.3 Å². The molecule has 2 aromatic rings. The topological polar surface area (TPSA) is 128 Å². The van der Waals surface area contributed by atoms with Gasteiger partial charge in [-0.15, -0.1) is 0 Å². The third-order valence-electron chi connectivity index (χ3n) is 8.53. The number of nitrogens with zero attached hydrogens (tertiary/aromatic N) is 3. The summed E-state index contributed by atoms with van der Waals surface area (Å²) in [6, 6.07) is 8.43. The first-order valence-electron chi connectivity index (χ1n) is 14.7. The first kappa shape index (κ1) is 31.6. The largest absolute Gasteiger partial charge is 0.475 e. The molecule has 0 aromatic heterocycles. The van der Waals surface area contributed by atoms with Gasteiger partial charge in [0.15, 0.2) is 6.73 Å². The molecule has 0 spiro atoms. The van der Waals surface area contributed by atoms with E-state index >= 15 is 0 Å². The molecule has 1 unspecified atom stereocenters. The molecule has 2 aromatic carbocycles. The maximum Gasteiger partial charge on any atom is 0.273 e. The molecule has 3 amide bonds. The van der Waals surface area contributed by atoms with Crippen LogP contribution in [-0.2, 0) is 29.1 Å². The summed E-state index contributed by atoms with van der Waals surface area (Å²) in [5.41, 5.74) is 2.27. The molecule has 3 aliphatic heterocycles. The monoisotopic (exact) mass is 643 g/mol. The van der Waals surface area contributed by atoms with Crippen LogP contribution >= 0.6 is 11.6 Å². The molecule has 5 rings (SSSR count). The van der Waals surface area contributed by atoms with Crippen LogP contribution in [0.25, 0.3) is 0 Å². The van der Waals surface area contributed by atoms with Gasteiger partial charge in [0.05, 0.1) is 22.7 Å². The molecule has 0 saturated carbocycles. The number of ether oxygens (including phenoxy) is 1. The van der Waals surface area contributed by atoms with Crippen LogP contribution in [-0.4, -0.2) is 75.4 Å². The van der Waals surface area contributed by atoms with Gasteiger partial charge < -0.3 is 25.2 Å². The highest BCUT2D eigenvalue weighted by Gasteiger charge is 2.42. The number of likely N-dealkylation sites (tertiary alicyclic amines) is 1. The summed E-state index contributed by atoms with van der Waals surface area (Å²) in [4.78, 5) is 43.0. The van der Waals surface area contributed by atoms with Gasteiger partial charge in [-0.25, -0.2) is 8.42 Å². The number of piperidine rings is 1. The molecular weight excluding hydrogens is 606 g/mol. The predicted octanol–water partition coefficient (Wildman–Crippen LogP) is 3.76. The highest BCUT2D eigenvalue weighted by Crippen LogP contribution is 2.38. The Labute approximate surface area is 263 Å². The standard InChI is InChI=1S/C31H38ClN5O6S/c1-19-16-27(20(2)15-23(19)32)44(41,42)37-25-8-6-5-7-24(25)34-30(39)26(37)17-28(38)33-12-9-22-10-13-36(14-11-22)31(40)29-21(3)43-18-35(29)4/h5-8,15-16,22,26H,9-14,17-18H2,1-4H3,(H,33,38)(H,34,39). The van der Waals surface area contributed by atoms with E-state index in [9.17, 15) is 22.8 Å². The average Bonchev–Trinajstić information content (AvgIpc) is 3.32. The maximum atomic E-state index is 14.1. The number of hydrogen-bond donors (Lipinski definition) is 2. The lowest BCUT2D eigenvalue weighted by atomic mass is 9.93. The Kier molecular flexibility index (Phi) is 9.12. The molecule has 1 saturated heterocycles. The van der Waals surface area contributed by atoms with Crippen molar-refractivity contribution in [1.29, 1.82) is 0 Å². The molecule has 2 N–H and O–H groups in total. The van der Waals surface area contributed by atoms with Gasteiger partial charge in [0.1, 0.15) is 17.5 Å². The number of nitrogens with one attached hydrogen (secondary N) is 2. The van der Waals surface area contributed by atoms with Crippen LogP contribution in [0.2, 0.25) is 5.02 Å². The molecule has 1 fully saturated rings. The Morgan fingerprint density at radius 2 is 1.80 bits per heavy atom. The Morgan fingerprint density at radius 1 is 1.09 bits per heavy atom. The SMILES string of the molecule is CC1=C(C(=O)N2CCC(CCNC(=O)CC3C(=O)Nc4ccccc4N3S(=O)(=O)c3cc(C)c(Cl)cc3C)CC2)N(C)CO1. The number of para-hydroxylation sites is 2. The maximum absolute atomic E-state index is 14.1. The molecule has 236 valence electrons. The van der Waals surface area contributed by atoms with Crippen molar-refractivity contribution in [3.63, 3.8) is 0 Å². The second-order valence-corrected chi connectivity index (χ2v) is 13.8. The zero-order valence-corrected chi connectivity index (χ0v) is 26.9. The number of anilines is 2. The molecule has 0 bridgehead atoms. The third-order valence-corrected chi connectivity index (χ3v) is 10.9. The highest BCUT2D eigenvalue weighted by molar-refractivity contribution is 7.93. The summed E-state index contributed by atoms with van der Waals surface area (Å²) in [5.74, 6) is -0.0587. The van der Waals surface area contributed by atoms with E-state index in [1.807, 2.05) is 16.8 Å². The van der Waals surface area contributed by atoms with Gasteiger partial charge in [-0.3, -0.25) is 18.7 Å². The van der Waals surface area contributed by atoms with Crippen molar-refractivity contribution in [3.05, 3.63) is 64.0 Å². The lowest BCUT2D eigenvalue weighted by molar-refractivity contribution is -0.130. The summed E-state index contributed by atoms with van der Waals surface area (Å²) >= 11 is 6.24. The zero-order chi connectivity index (χ0) is 31.8. The Bertz CT molecular complexity index is 1620. The van der Waals surface area contributed by atoms with Gasteiger partial charge >= 0.3 is 0 Å². The van der Waals surface area contributed by atoms with Crippen LogP contribution in [0.3, 0.4) is 0 Å². The molecule has 44 heavy (non-hydrogen) atoms. The fraction of sp³-hybridized carbons (Fsp3) is 0.452. The van der Waals surface area contributed by atoms with E-state index in [1.165, 1.54) is 6.07 Å². The van der Waals surface area contributed by atoms with Crippen LogP contribution in [0.5, 0.6) is 0 Å². The predicted molar refractivity (Wildman–Crippen MR) is 167 cm³/mol. The summed E-state index contributed by atoms with van der Waals surface area (Å²) in [5, 5.41) is 6.08. The highest BCUT2D eigenvalue weighted by atomic mass is 35.5. The minimum absolute atomic E-state index is 0.0231. The van der Waals surface area contributed by atoms with Crippen LogP contribution < -0.4 is 14.9 Å². The lowest BCUT2D eigenvalue weighted by Gasteiger charge is -2.37. The van der Waals surface area contributed by atoms with Crippen molar-refractivity contribution in [2.75, 3.05) is 43.0 Å². The molecule has 13 heteroatoms. The number of hydrogen-bond acceptors (Lipinski definition) is 7. The molecule has 11 nitrogen and oxygen atoms in total. The van der Waals surface area contributed by atoms with E-state index in [1.54, 1.807) is 51.1 Å². The number of aryl methyl sites for hydroxylation is 2. The van der Waals surface area contributed by atoms with Gasteiger partial charge in [0, 0.05) is 31.7 Å². The van der Waals surface area contributed by atoms with E-state index in [0.29, 0.717) is 77.7 Å². The third kappa shape index (κ3) is 6.23. The summed E-state index contributed by atoms with van der Waals surface area (Å²) in [7, 11) is -2.41. The van der Waals surface area contributed by atoms with Gasteiger partial charge in [-0.2, -0.15) is 0 Å². The van der Waals surface area contributed by atoms with Crippen molar-refractivity contribution < 1.29 is 27.5 Å². The van der Waals surface area contributed by atoms with Crippen molar-refractivity contribution in [2.45, 2.75) is 57.4 Å². The zero-order valence-electron chi connectivity index (χ0n) is 25.4. The van der Waals surface area contributed by atoms with E-state index in [-0.39, 0.29) is 17.2 Å². The first-order chi connectivity index (χ1) is 20.9. The van der Waals surface area contributed by atoms with E-state index < -0.39 is 27.9 Å². The quantitative estimate of drug-likeness (QED) is 0.448. The number of rotatable bonds is 8. The van der Waals surface area contributed by atoms with Crippen molar-refractivity contribution in [1.82, 2.24) is 15.1 Å². The van der Waals surface area contributed by atoms with Gasteiger partial charge in [0.2, 0.25) is 11.8 Å². The number of halogens is 1. The van der Waals surface area contributed by atoms with Crippen LogP contribution in [0.1, 0.15) is 43.7 Å². The molecule has 0 radical (unpaired) electrons. The molecule has 3 aliphatic rings. The Balaban J connectivity index is 1.23. The van der Waals surface area contributed by atoms with Crippen molar-refractivity contribution >= 4 is 50.7 Å². The van der Waals surface area contributed by atoms with Crippen LogP contribution in [0.4, 0.5) is 11.4 Å². The Hall–Kier alpha value is -3.77. The number of amides is 3.